The van der Waals surface area contributed by atoms with E-state index in [1.807, 2.05) is 44.2 Å². The molecule has 146 valence electrons. The molecule has 0 bridgehead atoms. The van der Waals surface area contributed by atoms with Gasteiger partial charge in [-0.3, -0.25) is 4.99 Å². The second-order valence-electron chi connectivity index (χ2n) is 5.00. The lowest BCUT2D eigenvalue weighted by Crippen LogP contribution is -2.22. The zero-order valence-corrected chi connectivity index (χ0v) is 16.5. The van der Waals surface area contributed by atoms with E-state index in [0.717, 1.165) is 5.56 Å². The smallest absolute Gasteiger partial charge is 0.203 e. The highest BCUT2D eigenvalue weighted by molar-refractivity contribution is 5.97. The quantitative estimate of drug-likeness (QED) is 0.571. The molecule has 3 N–H and O–H groups in total. The standard InChI is InChI=1S/C18H22N4O3.C2H6/c1-20-12-21-18(19)22-14-9-15(23-2)17(24-3)16(10-14)25-11-13-7-5-4-6-8-13;1-2/h4-10,12H,11H2,1-3H3,(H3,19,20,21,22);1-2H3. The molecule has 7 nitrogen and oxygen atoms in total. The molecule has 27 heavy (non-hydrogen) atoms. The highest BCUT2D eigenvalue weighted by Crippen LogP contribution is 2.40. The molecule has 0 aliphatic rings. The van der Waals surface area contributed by atoms with Crippen LogP contribution in [-0.4, -0.2) is 33.6 Å². The molecule has 0 saturated heterocycles. The molecule has 2 aromatic rings. The first-order chi connectivity index (χ1) is 13.2. The van der Waals surface area contributed by atoms with Crippen LogP contribution in [0.4, 0.5) is 5.69 Å². The molecule has 2 aromatic carbocycles. The lowest BCUT2D eigenvalue weighted by Gasteiger charge is -2.16. The average Bonchev–Trinajstić information content (AvgIpc) is 2.72. The second kappa shape index (κ2) is 12.2. The van der Waals surface area contributed by atoms with Gasteiger partial charge < -0.3 is 25.3 Å². The highest BCUT2D eigenvalue weighted by Gasteiger charge is 2.14. The molecule has 2 rings (SSSR count). The first kappa shape index (κ1) is 21.8. The van der Waals surface area contributed by atoms with E-state index < -0.39 is 0 Å². The van der Waals surface area contributed by atoms with Gasteiger partial charge in [0.15, 0.2) is 17.5 Å². The van der Waals surface area contributed by atoms with E-state index in [-0.39, 0.29) is 5.96 Å². The van der Waals surface area contributed by atoms with Crippen LogP contribution in [0, 0.1) is 0 Å². The van der Waals surface area contributed by atoms with Crippen LogP contribution in [0.5, 0.6) is 17.2 Å². The summed E-state index contributed by atoms with van der Waals surface area (Å²) >= 11 is 0. The molecule has 0 aliphatic heterocycles. The highest BCUT2D eigenvalue weighted by atomic mass is 16.5. The lowest BCUT2D eigenvalue weighted by atomic mass is 10.2. The molecule has 0 spiro atoms. The van der Waals surface area contributed by atoms with Gasteiger partial charge in [0, 0.05) is 24.9 Å². The van der Waals surface area contributed by atoms with Crippen LogP contribution in [0.25, 0.3) is 0 Å². The van der Waals surface area contributed by atoms with E-state index in [1.54, 1.807) is 33.4 Å². The van der Waals surface area contributed by atoms with E-state index in [0.29, 0.717) is 29.5 Å². The van der Waals surface area contributed by atoms with Gasteiger partial charge in [-0.05, 0) is 5.56 Å². The number of guanidine groups is 1. The van der Waals surface area contributed by atoms with Crippen LogP contribution in [0.1, 0.15) is 19.4 Å². The normalized spacial score (nSPS) is 10.8. The number of hydrogen-bond donors (Lipinski definition) is 2. The molecule has 0 heterocycles. The van der Waals surface area contributed by atoms with Gasteiger partial charge in [0.1, 0.15) is 12.9 Å². The first-order valence-corrected chi connectivity index (χ1v) is 8.61. The third-order valence-electron chi connectivity index (χ3n) is 3.27. The number of nitrogens with two attached hydrogens (primary N) is 1. The Labute approximate surface area is 160 Å². The predicted molar refractivity (Wildman–Crippen MR) is 111 cm³/mol. The summed E-state index contributed by atoms with van der Waals surface area (Å²) < 4.78 is 16.7. The summed E-state index contributed by atoms with van der Waals surface area (Å²) in [5.41, 5.74) is 7.51. The van der Waals surface area contributed by atoms with Crippen LogP contribution in [-0.2, 0) is 6.61 Å². The fourth-order valence-electron chi connectivity index (χ4n) is 2.14. The number of aliphatic imine (C=N–C) groups is 2. The van der Waals surface area contributed by atoms with Gasteiger partial charge in [-0.25, -0.2) is 4.99 Å². The van der Waals surface area contributed by atoms with Crippen molar-refractivity contribution in [3.05, 3.63) is 48.0 Å². The summed E-state index contributed by atoms with van der Waals surface area (Å²) in [6.45, 7) is 4.40. The Morgan fingerprint density at radius 1 is 1.07 bits per heavy atom. The summed E-state index contributed by atoms with van der Waals surface area (Å²) in [6.07, 6.45) is 1.36. The molecule has 0 saturated carbocycles. The zero-order valence-electron chi connectivity index (χ0n) is 16.5. The number of anilines is 1. The zero-order chi connectivity index (χ0) is 20.1. The van der Waals surface area contributed by atoms with Gasteiger partial charge in [0.05, 0.1) is 14.2 Å². The van der Waals surface area contributed by atoms with Gasteiger partial charge in [0.25, 0.3) is 0 Å². The minimum Gasteiger partial charge on any atom is -0.493 e. The van der Waals surface area contributed by atoms with Crippen molar-refractivity contribution in [1.82, 2.24) is 0 Å². The monoisotopic (exact) mass is 372 g/mol. The van der Waals surface area contributed by atoms with Crippen LogP contribution >= 0.6 is 0 Å². The van der Waals surface area contributed by atoms with E-state index in [2.05, 4.69) is 15.3 Å². The maximum atomic E-state index is 5.91. The second-order valence-corrected chi connectivity index (χ2v) is 5.00. The van der Waals surface area contributed by atoms with E-state index in [9.17, 15) is 0 Å². The first-order valence-electron chi connectivity index (χ1n) is 8.61. The molecule has 0 aromatic heterocycles. The molecular weight excluding hydrogens is 344 g/mol. The SMILES string of the molecule is CC.CN=CN=C(N)Nc1cc(OC)c(OC)c(OCc2ccccc2)c1. The van der Waals surface area contributed by atoms with Crippen molar-refractivity contribution in [1.29, 1.82) is 0 Å². The number of ether oxygens (including phenoxy) is 3. The number of benzene rings is 2. The molecule has 0 radical (unpaired) electrons. The van der Waals surface area contributed by atoms with Gasteiger partial charge in [-0.1, -0.05) is 44.2 Å². The fourth-order valence-corrected chi connectivity index (χ4v) is 2.14. The third kappa shape index (κ3) is 6.89. The van der Waals surface area contributed by atoms with Crippen molar-refractivity contribution in [2.75, 3.05) is 26.6 Å². The minimum absolute atomic E-state index is 0.201. The Balaban J connectivity index is 0.00000176. The molecule has 0 aliphatic carbocycles. The topological polar surface area (TPSA) is 90.5 Å². The Morgan fingerprint density at radius 3 is 2.33 bits per heavy atom. The van der Waals surface area contributed by atoms with Crippen LogP contribution in [0.3, 0.4) is 0 Å². The van der Waals surface area contributed by atoms with Crippen molar-refractivity contribution < 1.29 is 14.2 Å². The van der Waals surface area contributed by atoms with Crippen molar-refractivity contribution >= 4 is 18.0 Å². The van der Waals surface area contributed by atoms with Gasteiger partial charge in [-0.15, -0.1) is 0 Å². The maximum Gasteiger partial charge on any atom is 0.203 e. The van der Waals surface area contributed by atoms with E-state index in [1.165, 1.54) is 6.34 Å². The van der Waals surface area contributed by atoms with Gasteiger partial charge in [-0.2, -0.15) is 0 Å². The Kier molecular flexibility index (Phi) is 9.85. The largest absolute Gasteiger partial charge is 0.493 e. The lowest BCUT2D eigenvalue weighted by molar-refractivity contribution is 0.276. The van der Waals surface area contributed by atoms with Crippen LogP contribution in [0.2, 0.25) is 0 Å². The van der Waals surface area contributed by atoms with Crippen molar-refractivity contribution in [3.63, 3.8) is 0 Å². The molecule has 0 unspecified atom stereocenters. The number of methoxy groups -OCH3 is 2. The van der Waals surface area contributed by atoms with E-state index >= 15 is 0 Å². The Morgan fingerprint density at radius 2 is 1.74 bits per heavy atom. The van der Waals surface area contributed by atoms with Gasteiger partial charge in [0.2, 0.25) is 5.75 Å². The minimum atomic E-state index is 0.201. The maximum absolute atomic E-state index is 5.91. The van der Waals surface area contributed by atoms with Crippen molar-refractivity contribution in [2.24, 2.45) is 15.7 Å². The predicted octanol–water partition coefficient (Wildman–Crippen LogP) is 3.69. The number of nitrogens with one attached hydrogen (secondary N) is 1. The summed E-state index contributed by atoms with van der Waals surface area (Å²) in [7, 11) is 4.74. The van der Waals surface area contributed by atoms with Crippen LogP contribution < -0.4 is 25.3 Å². The van der Waals surface area contributed by atoms with Crippen molar-refractivity contribution in [3.8, 4) is 17.2 Å². The fraction of sp³-hybridized carbons (Fsp3) is 0.300. The Hall–Kier alpha value is -3.22. The molecule has 7 heteroatoms. The average molecular weight is 372 g/mol. The third-order valence-corrected chi connectivity index (χ3v) is 3.27. The molecule has 0 fully saturated rings. The molecular formula is C20H28N4O3. The summed E-state index contributed by atoms with van der Waals surface area (Å²) in [6, 6.07) is 13.4. The number of rotatable bonds is 7. The van der Waals surface area contributed by atoms with E-state index in [4.69, 9.17) is 19.9 Å². The summed E-state index contributed by atoms with van der Waals surface area (Å²) in [5, 5.41) is 2.96. The molecule has 0 atom stereocenters. The molecule has 0 amide bonds. The summed E-state index contributed by atoms with van der Waals surface area (Å²) in [4.78, 5) is 7.70. The van der Waals surface area contributed by atoms with Crippen LogP contribution in [0.15, 0.2) is 52.4 Å². The number of hydrogen-bond acceptors (Lipinski definition) is 4. The Bertz CT molecular complexity index is 746. The summed E-state index contributed by atoms with van der Waals surface area (Å²) in [5.74, 6) is 1.76. The number of nitrogens with zero attached hydrogens (tertiary/aromatic N) is 2. The van der Waals surface area contributed by atoms with Gasteiger partial charge >= 0.3 is 0 Å². The van der Waals surface area contributed by atoms with Crippen molar-refractivity contribution in [2.45, 2.75) is 20.5 Å².